The molecule has 0 spiro atoms. The molecule has 0 aliphatic rings. The highest BCUT2D eigenvalue weighted by Crippen LogP contribution is 2.00. The van der Waals surface area contributed by atoms with Crippen LogP contribution in [0.3, 0.4) is 0 Å². The molecule has 3 heteroatoms. The summed E-state index contributed by atoms with van der Waals surface area (Å²) < 4.78 is 5.20. The summed E-state index contributed by atoms with van der Waals surface area (Å²) in [6.45, 7) is 3.75. The average molecular weight is 148 g/mol. The third-order valence-electron chi connectivity index (χ3n) is 1.34. The lowest BCUT2D eigenvalue weighted by Crippen LogP contribution is -2.24. The molecule has 0 bridgehead atoms. The molecule has 10 heavy (non-hydrogen) atoms. The van der Waals surface area contributed by atoms with Crippen LogP contribution in [-0.4, -0.2) is 35.6 Å². The Morgan fingerprint density at radius 1 is 1.30 bits per heavy atom. The van der Waals surface area contributed by atoms with Gasteiger partial charge in [-0.15, -0.1) is 0 Å². The molecular formula is C7H16O3. The molecule has 0 amide bonds. The maximum atomic E-state index is 8.66. The van der Waals surface area contributed by atoms with E-state index in [0.717, 1.165) is 6.42 Å². The first kappa shape index (κ1) is 9.88. The number of rotatable bonds is 5. The molecule has 3 nitrogen and oxygen atoms in total. The zero-order valence-corrected chi connectivity index (χ0v) is 6.58. The van der Waals surface area contributed by atoms with Gasteiger partial charge in [0.1, 0.15) is 0 Å². The van der Waals surface area contributed by atoms with E-state index >= 15 is 0 Å². The van der Waals surface area contributed by atoms with Crippen LogP contribution in [0.15, 0.2) is 0 Å². The third-order valence-corrected chi connectivity index (χ3v) is 1.34. The van der Waals surface area contributed by atoms with Crippen LogP contribution in [0.5, 0.6) is 0 Å². The summed E-state index contributed by atoms with van der Waals surface area (Å²) in [6.07, 6.45) is 0.486. The standard InChI is InChI=1S/C7H16O3/c1-3-7(5-9)10-6(2)4-8/h6-9H,3-5H2,1-2H3/t6-,7+/m0/s1. The fourth-order valence-electron chi connectivity index (χ4n) is 0.640. The van der Waals surface area contributed by atoms with Gasteiger partial charge in [-0.1, -0.05) is 6.92 Å². The van der Waals surface area contributed by atoms with Crippen molar-refractivity contribution in [2.24, 2.45) is 0 Å². The Kier molecular flexibility index (Phi) is 5.58. The number of aliphatic hydroxyl groups is 2. The van der Waals surface area contributed by atoms with Gasteiger partial charge in [0, 0.05) is 0 Å². The van der Waals surface area contributed by atoms with Crippen molar-refractivity contribution in [1.29, 1.82) is 0 Å². The van der Waals surface area contributed by atoms with Crippen LogP contribution in [0.25, 0.3) is 0 Å². The maximum absolute atomic E-state index is 8.66. The van der Waals surface area contributed by atoms with Gasteiger partial charge in [0.2, 0.25) is 0 Å². The zero-order valence-electron chi connectivity index (χ0n) is 6.58. The van der Waals surface area contributed by atoms with Gasteiger partial charge in [-0.05, 0) is 13.3 Å². The van der Waals surface area contributed by atoms with Crippen LogP contribution >= 0.6 is 0 Å². The van der Waals surface area contributed by atoms with Crippen LogP contribution in [0.2, 0.25) is 0 Å². The highest BCUT2D eigenvalue weighted by Gasteiger charge is 2.08. The monoisotopic (exact) mass is 148 g/mol. The molecule has 2 N–H and O–H groups in total. The number of ether oxygens (including phenoxy) is 1. The van der Waals surface area contributed by atoms with Crippen molar-refractivity contribution in [3.05, 3.63) is 0 Å². The minimum atomic E-state index is -0.169. The lowest BCUT2D eigenvalue weighted by atomic mass is 10.3. The van der Waals surface area contributed by atoms with Gasteiger partial charge in [-0.3, -0.25) is 0 Å². The third kappa shape index (κ3) is 3.82. The van der Waals surface area contributed by atoms with Crippen LogP contribution in [-0.2, 0) is 4.74 Å². The first-order valence-corrected chi connectivity index (χ1v) is 3.61. The van der Waals surface area contributed by atoms with E-state index in [9.17, 15) is 0 Å². The summed E-state index contributed by atoms with van der Waals surface area (Å²) in [5, 5.41) is 17.2. The normalized spacial score (nSPS) is 16.8. The molecular weight excluding hydrogens is 132 g/mol. The minimum Gasteiger partial charge on any atom is -0.394 e. The second-order valence-corrected chi connectivity index (χ2v) is 2.34. The summed E-state index contributed by atoms with van der Waals surface area (Å²) in [4.78, 5) is 0. The van der Waals surface area contributed by atoms with Gasteiger partial charge in [0.15, 0.2) is 0 Å². The number of aliphatic hydroxyl groups excluding tert-OH is 2. The van der Waals surface area contributed by atoms with Gasteiger partial charge in [-0.2, -0.15) is 0 Å². The van der Waals surface area contributed by atoms with E-state index in [-0.39, 0.29) is 25.4 Å². The smallest absolute Gasteiger partial charge is 0.0807 e. The predicted octanol–water partition coefficient (Wildman–Crippen LogP) is 0.155. The van der Waals surface area contributed by atoms with E-state index in [4.69, 9.17) is 14.9 Å². The first-order valence-electron chi connectivity index (χ1n) is 3.61. The Morgan fingerprint density at radius 3 is 2.20 bits per heavy atom. The molecule has 0 heterocycles. The van der Waals surface area contributed by atoms with Crippen molar-refractivity contribution >= 4 is 0 Å². The van der Waals surface area contributed by atoms with Crippen LogP contribution in [0, 0.1) is 0 Å². The van der Waals surface area contributed by atoms with Crippen LogP contribution in [0.4, 0.5) is 0 Å². The summed E-state index contributed by atoms with van der Waals surface area (Å²) in [6, 6.07) is 0. The van der Waals surface area contributed by atoms with Crippen LogP contribution < -0.4 is 0 Å². The Hall–Kier alpha value is -0.120. The molecule has 0 rings (SSSR count). The molecule has 0 aromatic rings. The van der Waals surface area contributed by atoms with E-state index in [2.05, 4.69) is 0 Å². The highest BCUT2D eigenvalue weighted by atomic mass is 16.5. The van der Waals surface area contributed by atoms with Gasteiger partial charge < -0.3 is 14.9 Å². The second-order valence-electron chi connectivity index (χ2n) is 2.34. The summed E-state index contributed by atoms with van der Waals surface area (Å²) >= 11 is 0. The van der Waals surface area contributed by atoms with Crippen molar-refractivity contribution < 1.29 is 14.9 Å². The minimum absolute atomic E-state index is 0.0104. The van der Waals surface area contributed by atoms with Crippen molar-refractivity contribution in [3.8, 4) is 0 Å². The SMILES string of the molecule is CC[C@H](CO)O[C@@H](C)CO. The Balaban J connectivity index is 3.41. The van der Waals surface area contributed by atoms with Gasteiger partial charge in [0.25, 0.3) is 0 Å². The lowest BCUT2D eigenvalue weighted by molar-refractivity contribution is -0.0525. The van der Waals surface area contributed by atoms with E-state index < -0.39 is 0 Å². The Morgan fingerprint density at radius 2 is 1.90 bits per heavy atom. The number of hydrogen-bond donors (Lipinski definition) is 2. The van der Waals surface area contributed by atoms with Crippen molar-refractivity contribution in [2.45, 2.75) is 32.5 Å². The molecule has 0 aromatic heterocycles. The molecule has 0 saturated heterocycles. The molecule has 0 aliphatic heterocycles. The highest BCUT2D eigenvalue weighted by molar-refractivity contribution is 4.55. The summed E-state index contributed by atoms with van der Waals surface area (Å²) in [5.41, 5.74) is 0. The van der Waals surface area contributed by atoms with Crippen molar-refractivity contribution in [3.63, 3.8) is 0 Å². The average Bonchev–Trinajstić information content (AvgIpc) is 1.99. The van der Waals surface area contributed by atoms with Crippen molar-refractivity contribution in [1.82, 2.24) is 0 Å². The fourth-order valence-corrected chi connectivity index (χ4v) is 0.640. The topological polar surface area (TPSA) is 49.7 Å². The van der Waals surface area contributed by atoms with E-state index in [1.54, 1.807) is 6.92 Å². The number of hydrogen-bond acceptors (Lipinski definition) is 3. The van der Waals surface area contributed by atoms with E-state index in [1.165, 1.54) is 0 Å². The molecule has 0 saturated carbocycles. The van der Waals surface area contributed by atoms with Crippen molar-refractivity contribution in [2.75, 3.05) is 13.2 Å². The molecule has 0 radical (unpaired) electrons. The van der Waals surface area contributed by atoms with Gasteiger partial charge >= 0.3 is 0 Å². The summed E-state index contributed by atoms with van der Waals surface area (Å²) in [5.74, 6) is 0. The lowest BCUT2D eigenvalue weighted by Gasteiger charge is -2.17. The quantitative estimate of drug-likeness (QED) is 0.583. The summed E-state index contributed by atoms with van der Waals surface area (Å²) in [7, 11) is 0. The van der Waals surface area contributed by atoms with E-state index in [0.29, 0.717) is 0 Å². The molecule has 0 aliphatic carbocycles. The Bertz CT molecular complexity index is 71.3. The maximum Gasteiger partial charge on any atom is 0.0807 e. The zero-order chi connectivity index (χ0) is 7.98. The van der Waals surface area contributed by atoms with E-state index in [1.807, 2.05) is 6.92 Å². The molecule has 0 unspecified atom stereocenters. The first-order chi connectivity index (χ1) is 4.74. The van der Waals surface area contributed by atoms with Crippen LogP contribution in [0.1, 0.15) is 20.3 Å². The predicted molar refractivity (Wildman–Crippen MR) is 38.8 cm³/mol. The second kappa shape index (κ2) is 5.65. The van der Waals surface area contributed by atoms with Gasteiger partial charge in [0.05, 0.1) is 25.4 Å². The molecule has 0 aromatic carbocycles. The fraction of sp³-hybridized carbons (Fsp3) is 1.00. The van der Waals surface area contributed by atoms with Gasteiger partial charge in [-0.25, -0.2) is 0 Å². The molecule has 62 valence electrons. The largest absolute Gasteiger partial charge is 0.394 e. The Labute approximate surface area is 61.6 Å². The molecule has 2 atom stereocenters. The molecule has 0 fully saturated rings.